The fourth-order valence-corrected chi connectivity index (χ4v) is 3.92. The number of carboxylic acids is 1. The van der Waals surface area contributed by atoms with E-state index in [9.17, 15) is 4.79 Å². The summed E-state index contributed by atoms with van der Waals surface area (Å²) in [6.45, 7) is 1.45. The van der Waals surface area contributed by atoms with E-state index in [4.69, 9.17) is 38.0 Å². The Hall–Kier alpha value is -2.42. The number of rotatable bonds is 7. The van der Waals surface area contributed by atoms with Crippen LogP contribution in [0, 0.1) is 0 Å². The van der Waals surface area contributed by atoms with Crippen LogP contribution in [0.25, 0.3) is 16.6 Å². The number of benzene rings is 1. The molecular formula is C19H19Cl2N5O3. The molecule has 4 rings (SSSR count). The third-order valence-electron chi connectivity index (χ3n) is 4.94. The van der Waals surface area contributed by atoms with E-state index in [1.165, 1.54) is 6.33 Å². The molecule has 0 amide bonds. The van der Waals surface area contributed by atoms with Crippen molar-refractivity contribution in [2.45, 2.75) is 25.3 Å². The average molecular weight is 436 g/mol. The van der Waals surface area contributed by atoms with Crippen LogP contribution in [-0.4, -0.2) is 56.6 Å². The predicted molar refractivity (Wildman–Crippen MR) is 110 cm³/mol. The highest BCUT2D eigenvalue weighted by molar-refractivity contribution is 6.45. The fraction of sp³-hybridized carbons (Fsp3) is 0.368. The maximum absolute atomic E-state index is 10.7. The quantitative estimate of drug-likeness (QED) is 0.566. The Labute approximate surface area is 177 Å². The molecule has 1 aromatic carbocycles. The van der Waals surface area contributed by atoms with Crippen molar-refractivity contribution in [1.29, 1.82) is 0 Å². The van der Waals surface area contributed by atoms with Crippen LogP contribution < -0.4 is 4.90 Å². The van der Waals surface area contributed by atoms with Gasteiger partial charge < -0.3 is 14.7 Å². The number of aromatic nitrogens is 4. The Balaban J connectivity index is 1.69. The molecule has 1 fully saturated rings. The first-order valence-electron chi connectivity index (χ1n) is 9.24. The topological polar surface area (TPSA) is 93.4 Å². The standard InChI is InChI=1S/C19H19Cl2N5O3/c20-14-4-3-13-15(26-11-22-10-23-26)8-16(24-19(13)18(14)21)25-6-1-2-12(25)9-29-7-5-17(27)28/h3-4,8,10-12H,1-2,5-7,9H2,(H,27,28)/t12-/m0/s1. The monoisotopic (exact) mass is 435 g/mol. The predicted octanol–water partition coefficient (Wildman–Crippen LogP) is 3.58. The number of carboxylic acid groups (broad SMARTS) is 1. The molecule has 152 valence electrons. The van der Waals surface area contributed by atoms with Crippen molar-refractivity contribution >= 4 is 45.9 Å². The summed E-state index contributed by atoms with van der Waals surface area (Å²) in [6, 6.07) is 5.67. The maximum atomic E-state index is 10.7. The van der Waals surface area contributed by atoms with Crippen LogP contribution in [0.3, 0.4) is 0 Å². The van der Waals surface area contributed by atoms with Crippen LogP contribution >= 0.6 is 23.2 Å². The first kappa shape index (κ1) is 19.9. The summed E-state index contributed by atoms with van der Waals surface area (Å²) in [5.41, 5.74) is 1.40. The molecule has 1 aliphatic rings. The molecule has 29 heavy (non-hydrogen) atoms. The van der Waals surface area contributed by atoms with Crippen LogP contribution in [0.5, 0.6) is 0 Å². The second-order valence-corrected chi connectivity index (χ2v) is 7.59. The van der Waals surface area contributed by atoms with E-state index < -0.39 is 5.97 Å². The van der Waals surface area contributed by atoms with Gasteiger partial charge in [-0.3, -0.25) is 4.79 Å². The minimum Gasteiger partial charge on any atom is -0.481 e. The van der Waals surface area contributed by atoms with Gasteiger partial charge >= 0.3 is 5.97 Å². The first-order valence-corrected chi connectivity index (χ1v) is 10.00. The number of anilines is 1. The first-order chi connectivity index (χ1) is 14.0. The molecule has 2 aromatic heterocycles. The summed E-state index contributed by atoms with van der Waals surface area (Å²) < 4.78 is 7.26. The Kier molecular flexibility index (Phi) is 5.84. The number of aliphatic carboxylic acids is 1. The van der Waals surface area contributed by atoms with Crippen LogP contribution in [0.15, 0.2) is 30.9 Å². The largest absolute Gasteiger partial charge is 0.481 e. The van der Waals surface area contributed by atoms with Crippen LogP contribution in [0.2, 0.25) is 10.0 Å². The number of halogens is 2. The zero-order valence-electron chi connectivity index (χ0n) is 15.5. The molecule has 1 saturated heterocycles. The molecule has 0 aliphatic carbocycles. The minimum atomic E-state index is -0.867. The molecule has 1 atom stereocenters. The van der Waals surface area contributed by atoms with E-state index in [0.29, 0.717) is 22.2 Å². The Morgan fingerprint density at radius 1 is 1.34 bits per heavy atom. The van der Waals surface area contributed by atoms with Gasteiger partial charge in [0.1, 0.15) is 18.5 Å². The van der Waals surface area contributed by atoms with E-state index in [0.717, 1.165) is 36.3 Å². The van der Waals surface area contributed by atoms with Crippen LogP contribution in [0.4, 0.5) is 5.82 Å². The van der Waals surface area contributed by atoms with Crippen molar-refractivity contribution < 1.29 is 14.6 Å². The van der Waals surface area contributed by atoms with Crippen molar-refractivity contribution in [3.63, 3.8) is 0 Å². The molecule has 10 heteroatoms. The van der Waals surface area contributed by atoms with Gasteiger partial charge in [-0.1, -0.05) is 23.2 Å². The van der Waals surface area contributed by atoms with Gasteiger partial charge in [-0.05, 0) is 25.0 Å². The van der Waals surface area contributed by atoms with Crippen LogP contribution in [-0.2, 0) is 9.53 Å². The Morgan fingerprint density at radius 2 is 2.21 bits per heavy atom. The lowest BCUT2D eigenvalue weighted by atomic mass is 10.1. The highest BCUT2D eigenvalue weighted by atomic mass is 35.5. The maximum Gasteiger partial charge on any atom is 0.305 e. The number of nitrogens with zero attached hydrogens (tertiary/aromatic N) is 5. The van der Waals surface area contributed by atoms with Gasteiger partial charge in [-0.25, -0.2) is 14.6 Å². The third-order valence-corrected chi connectivity index (χ3v) is 5.74. The van der Waals surface area contributed by atoms with E-state index in [-0.39, 0.29) is 19.1 Å². The number of fused-ring (bicyclic) bond motifs is 1. The lowest BCUT2D eigenvalue weighted by Gasteiger charge is -2.26. The highest BCUT2D eigenvalue weighted by Gasteiger charge is 2.27. The van der Waals surface area contributed by atoms with Gasteiger partial charge in [0.05, 0.1) is 46.9 Å². The molecule has 3 aromatic rings. The summed E-state index contributed by atoms with van der Waals surface area (Å²) in [5.74, 6) is -0.120. The summed E-state index contributed by atoms with van der Waals surface area (Å²) in [7, 11) is 0. The molecule has 0 radical (unpaired) electrons. The zero-order chi connectivity index (χ0) is 20.4. The van der Waals surface area contributed by atoms with Gasteiger partial charge in [-0.2, -0.15) is 5.10 Å². The number of hydrogen-bond donors (Lipinski definition) is 1. The second-order valence-electron chi connectivity index (χ2n) is 6.81. The normalized spacial score (nSPS) is 16.6. The molecule has 0 spiro atoms. The number of ether oxygens (including phenoxy) is 1. The third kappa shape index (κ3) is 4.14. The SMILES string of the molecule is O=C(O)CCOC[C@@H]1CCCN1c1cc(-n2cncn2)c2ccc(Cl)c(Cl)c2n1. The van der Waals surface area contributed by atoms with Gasteiger partial charge in [-0.15, -0.1) is 0 Å². The Bertz CT molecular complexity index is 1030. The van der Waals surface area contributed by atoms with E-state index in [1.54, 1.807) is 17.1 Å². The van der Waals surface area contributed by atoms with E-state index >= 15 is 0 Å². The average Bonchev–Trinajstić information content (AvgIpc) is 3.39. The van der Waals surface area contributed by atoms with Crippen molar-refractivity contribution in [2.24, 2.45) is 0 Å². The summed E-state index contributed by atoms with van der Waals surface area (Å²) in [5, 5.41) is 14.7. The second kappa shape index (κ2) is 8.52. The Morgan fingerprint density at radius 3 is 2.97 bits per heavy atom. The summed E-state index contributed by atoms with van der Waals surface area (Å²) in [4.78, 5) is 21.7. The highest BCUT2D eigenvalue weighted by Crippen LogP contribution is 2.36. The van der Waals surface area contributed by atoms with Crippen LogP contribution in [0.1, 0.15) is 19.3 Å². The van der Waals surface area contributed by atoms with Crippen molar-refractivity contribution in [2.75, 3.05) is 24.7 Å². The minimum absolute atomic E-state index is 0.00843. The molecule has 1 N–H and O–H groups in total. The van der Waals surface area contributed by atoms with Gasteiger partial charge in [0.25, 0.3) is 0 Å². The van der Waals surface area contributed by atoms with Gasteiger partial charge in [0, 0.05) is 18.0 Å². The smallest absolute Gasteiger partial charge is 0.305 e. The van der Waals surface area contributed by atoms with Crippen molar-refractivity contribution in [1.82, 2.24) is 19.7 Å². The summed E-state index contributed by atoms with van der Waals surface area (Å²) >= 11 is 12.7. The molecule has 8 nitrogen and oxygen atoms in total. The number of pyridine rings is 1. The lowest BCUT2D eigenvalue weighted by molar-refractivity contribution is -0.138. The van der Waals surface area contributed by atoms with E-state index in [2.05, 4.69) is 15.0 Å². The molecule has 0 saturated carbocycles. The molecular weight excluding hydrogens is 417 g/mol. The fourth-order valence-electron chi connectivity index (χ4n) is 3.56. The summed E-state index contributed by atoms with van der Waals surface area (Å²) in [6.07, 6.45) is 5.02. The zero-order valence-corrected chi connectivity index (χ0v) is 17.0. The van der Waals surface area contributed by atoms with Crippen molar-refractivity contribution in [3.05, 3.63) is 40.9 Å². The molecule has 0 unspecified atom stereocenters. The number of hydrogen-bond acceptors (Lipinski definition) is 6. The van der Waals surface area contributed by atoms with Crippen molar-refractivity contribution in [3.8, 4) is 5.69 Å². The van der Waals surface area contributed by atoms with Gasteiger partial charge in [0.2, 0.25) is 0 Å². The molecule has 0 bridgehead atoms. The molecule has 3 heterocycles. The number of carbonyl (C=O) groups is 1. The van der Waals surface area contributed by atoms with E-state index in [1.807, 2.05) is 12.1 Å². The van der Waals surface area contributed by atoms with Gasteiger partial charge in [0.15, 0.2) is 0 Å². The molecule has 1 aliphatic heterocycles. The lowest BCUT2D eigenvalue weighted by Crippen LogP contribution is -2.34.